The summed E-state index contributed by atoms with van der Waals surface area (Å²) in [6, 6.07) is 8.49. The second kappa shape index (κ2) is 5.10. The molecule has 0 aliphatic carbocycles. The maximum atomic E-state index is 5.75. The lowest BCUT2D eigenvalue weighted by molar-refractivity contribution is 0.160. The molecule has 0 aromatic heterocycles. The van der Waals surface area contributed by atoms with E-state index in [0.29, 0.717) is 0 Å². The topological polar surface area (TPSA) is 9.23 Å². The third kappa shape index (κ3) is 2.47. The molecule has 0 bridgehead atoms. The Kier molecular flexibility index (Phi) is 3.79. The van der Waals surface area contributed by atoms with E-state index in [1.807, 2.05) is 23.5 Å². The second-order valence-corrected chi connectivity index (χ2v) is 5.70. The zero-order valence-electron chi connectivity index (χ0n) is 8.23. The summed E-state index contributed by atoms with van der Waals surface area (Å²) in [5.74, 6) is 0. The lowest BCUT2D eigenvalue weighted by atomic mass is 10.4. The number of fused-ring (bicyclic) bond motifs is 1. The number of rotatable bonds is 4. The molecule has 1 aromatic carbocycles. The van der Waals surface area contributed by atoms with Crippen LogP contribution >= 0.6 is 23.5 Å². The normalized spacial score (nSPS) is 15.8. The zero-order valence-corrected chi connectivity index (χ0v) is 9.87. The van der Waals surface area contributed by atoms with Crippen molar-refractivity contribution < 1.29 is 4.74 Å². The van der Waals surface area contributed by atoms with Crippen molar-refractivity contribution in [2.24, 2.45) is 0 Å². The van der Waals surface area contributed by atoms with E-state index in [4.69, 9.17) is 4.74 Å². The fourth-order valence-electron chi connectivity index (χ4n) is 1.27. The Balaban J connectivity index is 1.86. The van der Waals surface area contributed by atoms with E-state index in [1.165, 1.54) is 16.2 Å². The maximum Gasteiger partial charge on any atom is 0.158 e. The number of hydrogen-bond donors (Lipinski definition) is 0. The molecule has 0 amide bonds. The van der Waals surface area contributed by atoms with Gasteiger partial charge in [0.2, 0.25) is 0 Å². The molecule has 1 aliphatic heterocycles. The Morgan fingerprint density at radius 1 is 1.21 bits per heavy atom. The zero-order chi connectivity index (χ0) is 9.80. The molecule has 0 unspecified atom stereocenters. The summed E-state index contributed by atoms with van der Waals surface area (Å²) >= 11 is 3.65. The van der Waals surface area contributed by atoms with Crippen LogP contribution in [0.2, 0.25) is 0 Å². The molecule has 1 heterocycles. The minimum Gasteiger partial charge on any atom is -0.357 e. The molecule has 14 heavy (non-hydrogen) atoms. The molecule has 1 nitrogen and oxygen atoms in total. The number of hydrogen-bond acceptors (Lipinski definition) is 3. The van der Waals surface area contributed by atoms with Crippen molar-refractivity contribution in [1.82, 2.24) is 0 Å². The van der Waals surface area contributed by atoms with Crippen LogP contribution in [0.4, 0.5) is 0 Å². The predicted octanol–water partition coefficient (Wildman–Crippen LogP) is 3.98. The van der Waals surface area contributed by atoms with Gasteiger partial charge in [-0.25, -0.2) is 0 Å². The van der Waals surface area contributed by atoms with Crippen molar-refractivity contribution >= 4 is 23.5 Å². The molecule has 0 spiro atoms. The highest BCUT2D eigenvalue weighted by Crippen LogP contribution is 2.47. The first-order valence-corrected chi connectivity index (χ1v) is 6.70. The van der Waals surface area contributed by atoms with Crippen LogP contribution in [0, 0.1) is 0 Å². The van der Waals surface area contributed by atoms with Crippen molar-refractivity contribution in [3.8, 4) is 0 Å². The first kappa shape index (κ1) is 10.4. The van der Waals surface area contributed by atoms with Crippen LogP contribution in [0.15, 0.2) is 34.1 Å². The fraction of sp³-hybridized carbons (Fsp3) is 0.455. The molecule has 1 aromatic rings. The first-order chi connectivity index (χ1) is 6.90. The predicted molar refractivity (Wildman–Crippen MR) is 62.8 cm³/mol. The van der Waals surface area contributed by atoms with Gasteiger partial charge in [0.15, 0.2) is 4.77 Å². The van der Waals surface area contributed by atoms with Crippen LogP contribution < -0.4 is 0 Å². The van der Waals surface area contributed by atoms with Gasteiger partial charge in [-0.2, -0.15) is 0 Å². The van der Waals surface area contributed by atoms with Crippen LogP contribution in [-0.2, 0) is 4.74 Å². The highest BCUT2D eigenvalue weighted by atomic mass is 32.2. The Morgan fingerprint density at radius 2 is 1.86 bits per heavy atom. The summed E-state index contributed by atoms with van der Waals surface area (Å²) in [7, 11) is 0. The largest absolute Gasteiger partial charge is 0.357 e. The summed E-state index contributed by atoms with van der Waals surface area (Å²) < 4.78 is 6.03. The van der Waals surface area contributed by atoms with E-state index in [1.54, 1.807) is 0 Å². The lowest BCUT2D eigenvalue weighted by Crippen LogP contribution is -2.01. The van der Waals surface area contributed by atoms with E-state index in [-0.39, 0.29) is 4.77 Å². The third-order valence-electron chi connectivity index (χ3n) is 2.05. The highest BCUT2D eigenvalue weighted by Gasteiger charge is 2.22. The Morgan fingerprint density at radius 3 is 2.43 bits per heavy atom. The molecule has 2 rings (SSSR count). The average molecular weight is 226 g/mol. The molecule has 0 atom stereocenters. The summed E-state index contributed by atoms with van der Waals surface area (Å²) in [6.07, 6.45) is 2.36. The van der Waals surface area contributed by atoms with Crippen LogP contribution in [0.5, 0.6) is 0 Å². The van der Waals surface area contributed by atoms with E-state index in [0.717, 1.165) is 13.0 Å². The third-order valence-corrected chi connectivity index (χ3v) is 4.63. The summed E-state index contributed by atoms with van der Waals surface area (Å²) in [4.78, 5) is 2.72. The van der Waals surface area contributed by atoms with Gasteiger partial charge in [0, 0.05) is 16.4 Å². The molecule has 0 saturated carbocycles. The van der Waals surface area contributed by atoms with Crippen LogP contribution in [0.25, 0.3) is 0 Å². The number of unbranched alkanes of at least 4 members (excludes halogenated alkanes) is 1. The smallest absolute Gasteiger partial charge is 0.158 e. The minimum atomic E-state index is 0.277. The number of benzene rings is 1. The monoisotopic (exact) mass is 226 g/mol. The van der Waals surface area contributed by atoms with Crippen LogP contribution in [0.1, 0.15) is 19.8 Å². The van der Waals surface area contributed by atoms with Crippen molar-refractivity contribution in [2.45, 2.75) is 34.3 Å². The summed E-state index contributed by atoms with van der Waals surface area (Å²) in [5, 5.41) is 0. The SMILES string of the molecule is CCCCOC1Sc2ccccc2S1. The van der Waals surface area contributed by atoms with Crippen LogP contribution in [0.3, 0.4) is 0 Å². The van der Waals surface area contributed by atoms with Gasteiger partial charge >= 0.3 is 0 Å². The molecule has 0 saturated heterocycles. The molecule has 76 valence electrons. The molecule has 0 N–H and O–H groups in total. The van der Waals surface area contributed by atoms with Gasteiger partial charge in [-0.3, -0.25) is 0 Å². The number of thioether (sulfide) groups is 2. The van der Waals surface area contributed by atoms with Gasteiger partial charge in [-0.05, 0) is 18.6 Å². The molecule has 0 fully saturated rings. The first-order valence-electron chi connectivity index (χ1n) is 4.94. The summed E-state index contributed by atoms with van der Waals surface area (Å²) in [5.41, 5.74) is 0. The van der Waals surface area contributed by atoms with Crippen molar-refractivity contribution in [3.63, 3.8) is 0 Å². The van der Waals surface area contributed by atoms with Gasteiger partial charge in [0.05, 0.1) is 0 Å². The second-order valence-electron chi connectivity index (χ2n) is 3.20. The van der Waals surface area contributed by atoms with E-state index in [9.17, 15) is 0 Å². The fourth-order valence-corrected chi connectivity index (χ4v) is 3.80. The standard InChI is InChI=1S/C11H14OS2/c1-2-3-8-12-11-13-9-6-4-5-7-10(9)14-11/h4-7,11H,2-3,8H2,1H3. The number of ether oxygens (including phenoxy) is 1. The molecular weight excluding hydrogens is 212 g/mol. The average Bonchev–Trinajstić information content (AvgIpc) is 2.60. The van der Waals surface area contributed by atoms with Crippen molar-refractivity contribution in [3.05, 3.63) is 24.3 Å². The Hall–Kier alpha value is -0.120. The van der Waals surface area contributed by atoms with E-state index >= 15 is 0 Å². The van der Waals surface area contributed by atoms with Crippen molar-refractivity contribution in [2.75, 3.05) is 6.61 Å². The quantitative estimate of drug-likeness (QED) is 0.719. The van der Waals surface area contributed by atoms with Gasteiger partial charge in [0.25, 0.3) is 0 Å². The van der Waals surface area contributed by atoms with Crippen LogP contribution in [-0.4, -0.2) is 11.4 Å². The van der Waals surface area contributed by atoms with Gasteiger partial charge in [-0.15, -0.1) is 0 Å². The lowest BCUT2D eigenvalue weighted by Gasteiger charge is -2.08. The molecule has 0 radical (unpaired) electrons. The minimum absolute atomic E-state index is 0.277. The molecule has 1 aliphatic rings. The van der Waals surface area contributed by atoms with Crippen molar-refractivity contribution in [1.29, 1.82) is 0 Å². The molecule has 3 heteroatoms. The van der Waals surface area contributed by atoms with Gasteiger partial charge < -0.3 is 4.74 Å². The maximum absolute atomic E-state index is 5.75. The molecular formula is C11H14OS2. The Labute approximate surface area is 93.6 Å². The van der Waals surface area contributed by atoms with Gasteiger partial charge in [0.1, 0.15) is 0 Å². The van der Waals surface area contributed by atoms with E-state index < -0.39 is 0 Å². The summed E-state index contributed by atoms with van der Waals surface area (Å²) in [6.45, 7) is 3.07. The Bertz CT molecular complexity index is 276. The van der Waals surface area contributed by atoms with E-state index in [2.05, 4.69) is 31.2 Å². The van der Waals surface area contributed by atoms with Gasteiger partial charge in [-0.1, -0.05) is 49.0 Å². The highest BCUT2D eigenvalue weighted by molar-refractivity contribution is 8.19.